The van der Waals surface area contributed by atoms with Crippen LogP contribution in [0.1, 0.15) is 62.1 Å². The average Bonchev–Trinajstić information content (AvgIpc) is 2.81. The molecule has 176 valence electrons. The van der Waals surface area contributed by atoms with Crippen molar-refractivity contribution in [2.45, 2.75) is 57.5 Å². The van der Waals surface area contributed by atoms with Crippen LogP contribution in [-0.2, 0) is 31.1 Å². The van der Waals surface area contributed by atoms with Crippen LogP contribution < -0.4 is 9.47 Å². The topological polar surface area (TPSA) is 71.1 Å². The molecule has 1 saturated heterocycles. The molecule has 0 spiro atoms. The van der Waals surface area contributed by atoms with Gasteiger partial charge >= 0.3 is 5.97 Å². The van der Waals surface area contributed by atoms with Crippen molar-refractivity contribution in [1.82, 2.24) is 0 Å². The SMILES string of the molecule is COCOc1c(C(C)C)ccc(C23CCC(=O)CC2CC(=O)OC3)c1OCc1ccccc1. The molecule has 2 aromatic carbocycles. The highest BCUT2D eigenvalue weighted by Gasteiger charge is 2.51. The molecule has 0 bridgehead atoms. The quantitative estimate of drug-likeness (QED) is 0.418. The molecule has 2 unspecified atom stereocenters. The molecule has 33 heavy (non-hydrogen) atoms. The molecule has 2 aliphatic rings. The molecule has 0 radical (unpaired) electrons. The second-order valence-electron chi connectivity index (χ2n) is 9.30. The van der Waals surface area contributed by atoms with E-state index in [9.17, 15) is 9.59 Å². The Kier molecular flexibility index (Phi) is 7.03. The zero-order chi connectivity index (χ0) is 23.4. The molecule has 1 aliphatic heterocycles. The van der Waals surface area contributed by atoms with E-state index in [0.717, 1.165) is 16.7 Å². The van der Waals surface area contributed by atoms with Crippen molar-refractivity contribution in [3.05, 3.63) is 59.2 Å². The smallest absolute Gasteiger partial charge is 0.306 e. The van der Waals surface area contributed by atoms with Crippen molar-refractivity contribution in [1.29, 1.82) is 0 Å². The third kappa shape index (κ3) is 4.76. The molecule has 1 heterocycles. The van der Waals surface area contributed by atoms with Crippen molar-refractivity contribution >= 4 is 11.8 Å². The first-order valence-corrected chi connectivity index (χ1v) is 11.6. The van der Waals surface area contributed by atoms with Gasteiger partial charge in [-0.3, -0.25) is 9.59 Å². The Morgan fingerprint density at radius 2 is 1.82 bits per heavy atom. The number of ketones is 1. The van der Waals surface area contributed by atoms with Crippen LogP contribution in [0, 0.1) is 5.92 Å². The number of cyclic esters (lactones) is 1. The summed E-state index contributed by atoms with van der Waals surface area (Å²) in [6.07, 6.45) is 1.71. The Bertz CT molecular complexity index is 975. The summed E-state index contributed by atoms with van der Waals surface area (Å²) in [5, 5.41) is 0. The first-order valence-electron chi connectivity index (χ1n) is 11.6. The number of rotatable bonds is 8. The third-order valence-electron chi connectivity index (χ3n) is 6.86. The molecule has 2 aromatic rings. The van der Waals surface area contributed by atoms with E-state index in [1.807, 2.05) is 30.3 Å². The molecular weight excluding hydrogens is 420 g/mol. The van der Waals surface area contributed by atoms with Gasteiger partial charge in [0.2, 0.25) is 0 Å². The fourth-order valence-electron chi connectivity index (χ4n) is 5.06. The summed E-state index contributed by atoms with van der Waals surface area (Å²) >= 11 is 0. The van der Waals surface area contributed by atoms with Crippen LogP contribution >= 0.6 is 0 Å². The molecule has 2 fully saturated rings. The maximum absolute atomic E-state index is 12.3. The van der Waals surface area contributed by atoms with Crippen LogP contribution in [0.25, 0.3) is 0 Å². The van der Waals surface area contributed by atoms with E-state index in [2.05, 4.69) is 26.0 Å². The third-order valence-corrected chi connectivity index (χ3v) is 6.86. The van der Waals surface area contributed by atoms with Gasteiger partial charge in [-0.05, 0) is 23.8 Å². The van der Waals surface area contributed by atoms with Gasteiger partial charge in [-0.25, -0.2) is 0 Å². The lowest BCUT2D eigenvalue weighted by molar-refractivity contribution is -0.157. The van der Waals surface area contributed by atoms with Gasteiger partial charge in [0.1, 0.15) is 19.0 Å². The highest BCUT2D eigenvalue weighted by Crippen LogP contribution is 2.53. The summed E-state index contributed by atoms with van der Waals surface area (Å²) in [4.78, 5) is 24.5. The minimum atomic E-state index is -0.478. The summed E-state index contributed by atoms with van der Waals surface area (Å²) in [5.41, 5.74) is 2.53. The predicted molar refractivity (Wildman–Crippen MR) is 123 cm³/mol. The number of ether oxygens (including phenoxy) is 4. The van der Waals surface area contributed by atoms with Gasteiger partial charge in [0.15, 0.2) is 18.3 Å². The highest BCUT2D eigenvalue weighted by molar-refractivity contribution is 5.82. The van der Waals surface area contributed by atoms with E-state index in [0.29, 0.717) is 37.4 Å². The first kappa shape index (κ1) is 23.3. The second-order valence-corrected chi connectivity index (χ2v) is 9.30. The molecule has 4 rings (SSSR count). The van der Waals surface area contributed by atoms with Crippen molar-refractivity contribution in [3.63, 3.8) is 0 Å². The van der Waals surface area contributed by atoms with Gasteiger partial charge in [0.25, 0.3) is 0 Å². The van der Waals surface area contributed by atoms with Crippen LogP contribution in [-0.4, -0.2) is 32.3 Å². The Morgan fingerprint density at radius 1 is 1.03 bits per heavy atom. The predicted octanol–water partition coefficient (Wildman–Crippen LogP) is 4.93. The number of fused-ring (bicyclic) bond motifs is 1. The highest BCUT2D eigenvalue weighted by atomic mass is 16.7. The van der Waals surface area contributed by atoms with Gasteiger partial charge in [-0.2, -0.15) is 0 Å². The maximum atomic E-state index is 12.3. The van der Waals surface area contributed by atoms with Crippen LogP contribution in [0.4, 0.5) is 0 Å². The lowest BCUT2D eigenvalue weighted by Gasteiger charge is -2.46. The molecule has 2 atom stereocenters. The normalized spacial score (nSPS) is 22.6. The van der Waals surface area contributed by atoms with Crippen molar-refractivity contribution < 1.29 is 28.5 Å². The number of hydrogen-bond acceptors (Lipinski definition) is 6. The van der Waals surface area contributed by atoms with Crippen molar-refractivity contribution in [3.8, 4) is 11.5 Å². The Labute approximate surface area is 195 Å². The molecular formula is C27H32O6. The minimum Gasteiger partial charge on any atom is -0.485 e. The van der Waals surface area contributed by atoms with E-state index >= 15 is 0 Å². The van der Waals surface area contributed by atoms with E-state index in [1.165, 1.54) is 0 Å². The van der Waals surface area contributed by atoms with Crippen LogP contribution in [0.2, 0.25) is 0 Å². The van der Waals surface area contributed by atoms with Gasteiger partial charge in [-0.15, -0.1) is 0 Å². The zero-order valence-electron chi connectivity index (χ0n) is 19.6. The Balaban J connectivity index is 1.83. The number of hydrogen-bond donors (Lipinski definition) is 0. The lowest BCUT2D eigenvalue weighted by atomic mass is 9.60. The number of carbonyl (C=O) groups is 2. The number of carbonyl (C=O) groups excluding carboxylic acids is 2. The second kappa shape index (κ2) is 9.96. The van der Waals surface area contributed by atoms with Crippen LogP contribution in [0.3, 0.4) is 0 Å². The minimum absolute atomic E-state index is 0.0920. The molecule has 0 aromatic heterocycles. The van der Waals surface area contributed by atoms with Gasteiger partial charge in [-0.1, -0.05) is 56.3 Å². The van der Waals surface area contributed by atoms with E-state index in [1.54, 1.807) is 7.11 Å². The lowest BCUT2D eigenvalue weighted by Crippen LogP contribution is -2.49. The van der Waals surface area contributed by atoms with E-state index in [4.69, 9.17) is 18.9 Å². The van der Waals surface area contributed by atoms with Gasteiger partial charge in [0, 0.05) is 42.9 Å². The summed E-state index contributed by atoms with van der Waals surface area (Å²) in [6, 6.07) is 14.1. The Morgan fingerprint density at radius 3 is 2.55 bits per heavy atom. The molecule has 0 N–H and O–H groups in total. The summed E-state index contributed by atoms with van der Waals surface area (Å²) in [5.74, 6) is 1.36. The fourth-order valence-corrected chi connectivity index (χ4v) is 5.06. The number of esters is 1. The Hall–Kier alpha value is -2.86. The number of benzene rings is 2. The maximum Gasteiger partial charge on any atom is 0.306 e. The molecule has 0 amide bonds. The first-order chi connectivity index (χ1) is 15.9. The number of methoxy groups -OCH3 is 1. The van der Waals surface area contributed by atoms with Crippen molar-refractivity contribution in [2.24, 2.45) is 5.92 Å². The summed E-state index contributed by atoms with van der Waals surface area (Å²) in [7, 11) is 1.59. The molecule has 1 aliphatic carbocycles. The standard InChI is InChI=1S/C27H32O6/c1-18(2)22-9-10-23(27-12-11-21(28)13-20(27)14-24(29)32-16-27)26(25(22)33-17-30-3)31-15-19-7-5-4-6-8-19/h4-10,18,20H,11-17H2,1-3H3. The molecule has 6 heteroatoms. The summed E-state index contributed by atoms with van der Waals surface area (Å²) in [6.45, 7) is 4.93. The van der Waals surface area contributed by atoms with E-state index < -0.39 is 5.41 Å². The largest absolute Gasteiger partial charge is 0.485 e. The molecule has 6 nitrogen and oxygen atoms in total. The summed E-state index contributed by atoms with van der Waals surface area (Å²) < 4.78 is 23.4. The van der Waals surface area contributed by atoms with Crippen molar-refractivity contribution in [2.75, 3.05) is 20.5 Å². The van der Waals surface area contributed by atoms with E-state index in [-0.39, 0.29) is 43.4 Å². The number of Topliss-reactive ketones (excluding diaryl/α,β-unsaturated/α-hetero) is 1. The molecule has 1 saturated carbocycles. The fraction of sp³-hybridized carbons (Fsp3) is 0.481. The van der Waals surface area contributed by atoms with Gasteiger partial charge < -0.3 is 18.9 Å². The van der Waals surface area contributed by atoms with Crippen LogP contribution in [0.5, 0.6) is 11.5 Å². The average molecular weight is 453 g/mol. The van der Waals surface area contributed by atoms with Gasteiger partial charge in [0.05, 0.1) is 0 Å². The van der Waals surface area contributed by atoms with Crippen LogP contribution in [0.15, 0.2) is 42.5 Å². The zero-order valence-corrected chi connectivity index (χ0v) is 19.6. The monoisotopic (exact) mass is 452 g/mol.